The fraction of sp³-hybridized carbons (Fsp3) is 0.400. The number of hydrogen-bond acceptors (Lipinski definition) is 4. The van der Waals surface area contributed by atoms with Crippen molar-refractivity contribution in [2.45, 2.75) is 0 Å². The summed E-state index contributed by atoms with van der Waals surface area (Å²) in [7, 11) is -0.582. The first-order valence-electron chi connectivity index (χ1n) is 5.29. The lowest BCUT2D eigenvalue weighted by atomic mass is 10.2. The van der Waals surface area contributed by atoms with Crippen molar-refractivity contribution in [2.75, 3.05) is 27.2 Å². The van der Waals surface area contributed by atoms with Gasteiger partial charge < -0.3 is 5.32 Å². The van der Waals surface area contributed by atoms with Crippen LogP contribution in [0.25, 0.3) is 0 Å². The molecule has 0 saturated heterocycles. The first-order chi connectivity index (χ1) is 8.43. The minimum Gasteiger partial charge on any atom is -0.351 e. The van der Waals surface area contributed by atoms with E-state index in [9.17, 15) is 13.2 Å². The Morgan fingerprint density at radius 2 is 1.89 bits per heavy atom. The lowest BCUT2D eigenvalue weighted by molar-refractivity contribution is 0.0954. The number of aromatic nitrogens is 1. The molecule has 0 unspecified atom stereocenters. The van der Waals surface area contributed by atoms with Gasteiger partial charge in [0, 0.05) is 45.1 Å². The quantitative estimate of drug-likeness (QED) is 0.664. The third-order valence-corrected chi connectivity index (χ3v) is 3.65. The van der Waals surface area contributed by atoms with Gasteiger partial charge in [-0.2, -0.15) is 12.7 Å². The summed E-state index contributed by atoms with van der Waals surface area (Å²) >= 11 is 0. The van der Waals surface area contributed by atoms with E-state index in [2.05, 4.69) is 15.0 Å². The van der Waals surface area contributed by atoms with Crippen molar-refractivity contribution in [1.82, 2.24) is 19.3 Å². The third kappa shape index (κ3) is 4.40. The van der Waals surface area contributed by atoms with Crippen molar-refractivity contribution < 1.29 is 13.2 Å². The van der Waals surface area contributed by atoms with E-state index in [1.807, 2.05) is 0 Å². The second kappa shape index (κ2) is 6.43. The second-order valence-electron chi connectivity index (χ2n) is 3.67. The lowest BCUT2D eigenvalue weighted by Crippen LogP contribution is -2.40. The summed E-state index contributed by atoms with van der Waals surface area (Å²) in [6.07, 6.45) is 3.04. The average Bonchev–Trinajstić information content (AvgIpc) is 2.35. The van der Waals surface area contributed by atoms with Crippen LogP contribution >= 0.6 is 0 Å². The van der Waals surface area contributed by atoms with Crippen molar-refractivity contribution in [2.24, 2.45) is 0 Å². The van der Waals surface area contributed by atoms with Crippen molar-refractivity contribution in [1.29, 1.82) is 0 Å². The van der Waals surface area contributed by atoms with Crippen LogP contribution < -0.4 is 10.0 Å². The molecule has 0 saturated carbocycles. The number of nitrogens with one attached hydrogen (secondary N) is 2. The summed E-state index contributed by atoms with van der Waals surface area (Å²) in [4.78, 5) is 15.4. The average molecular weight is 272 g/mol. The van der Waals surface area contributed by atoms with Gasteiger partial charge in [0.25, 0.3) is 16.1 Å². The third-order valence-electron chi connectivity index (χ3n) is 2.12. The molecule has 0 aliphatic carbocycles. The molecule has 0 spiro atoms. The summed E-state index contributed by atoms with van der Waals surface area (Å²) in [5, 5.41) is 2.60. The highest BCUT2D eigenvalue weighted by Gasteiger charge is 2.11. The van der Waals surface area contributed by atoms with Crippen LogP contribution in [0.1, 0.15) is 10.4 Å². The van der Waals surface area contributed by atoms with E-state index in [0.717, 1.165) is 4.31 Å². The van der Waals surface area contributed by atoms with E-state index in [1.165, 1.54) is 26.5 Å². The number of amides is 1. The smallest absolute Gasteiger partial charge is 0.278 e. The SMILES string of the molecule is CN(C)S(=O)(=O)NCCNC(=O)c1ccncc1. The molecule has 1 aromatic heterocycles. The van der Waals surface area contributed by atoms with Crippen molar-refractivity contribution >= 4 is 16.1 Å². The maximum Gasteiger partial charge on any atom is 0.278 e. The van der Waals surface area contributed by atoms with Crippen LogP contribution in [0.15, 0.2) is 24.5 Å². The minimum absolute atomic E-state index is 0.136. The topological polar surface area (TPSA) is 91.4 Å². The van der Waals surface area contributed by atoms with E-state index >= 15 is 0 Å². The van der Waals surface area contributed by atoms with Gasteiger partial charge in [0.1, 0.15) is 0 Å². The summed E-state index contributed by atoms with van der Waals surface area (Å²) in [6.45, 7) is 0.353. The molecule has 1 amide bonds. The number of hydrogen-bond donors (Lipinski definition) is 2. The van der Waals surface area contributed by atoms with Crippen LogP contribution in [-0.2, 0) is 10.2 Å². The van der Waals surface area contributed by atoms with Crippen LogP contribution in [0, 0.1) is 0 Å². The molecule has 7 nitrogen and oxygen atoms in total. The van der Waals surface area contributed by atoms with E-state index in [4.69, 9.17) is 0 Å². The van der Waals surface area contributed by atoms with E-state index in [0.29, 0.717) is 5.56 Å². The standard InChI is InChI=1S/C10H16N4O3S/c1-14(2)18(16,17)13-8-7-12-10(15)9-3-5-11-6-4-9/h3-6,13H,7-8H2,1-2H3,(H,12,15). The Morgan fingerprint density at radius 3 is 2.44 bits per heavy atom. The molecule has 0 aromatic carbocycles. The predicted octanol–water partition coefficient (Wildman–Crippen LogP) is -0.793. The first-order valence-corrected chi connectivity index (χ1v) is 6.73. The van der Waals surface area contributed by atoms with Gasteiger partial charge in [-0.3, -0.25) is 9.78 Å². The molecule has 1 heterocycles. The van der Waals surface area contributed by atoms with E-state index < -0.39 is 10.2 Å². The fourth-order valence-electron chi connectivity index (χ4n) is 1.09. The molecule has 0 aliphatic heterocycles. The Labute approximate surface area is 106 Å². The molecule has 0 radical (unpaired) electrons. The Balaban J connectivity index is 2.34. The van der Waals surface area contributed by atoms with Crippen molar-refractivity contribution in [3.63, 3.8) is 0 Å². The normalized spacial score (nSPS) is 11.5. The van der Waals surface area contributed by atoms with Gasteiger partial charge in [-0.05, 0) is 12.1 Å². The lowest BCUT2D eigenvalue weighted by Gasteiger charge is -2.12. The van der Waals surface area contributed by atoms with Crippen molar-refractivity contribution in [3.8, 4) is 0 Å². The van der Waals surface area contributed by atoms with Crippen LogP contribution in [0.5, 0.6) is 0 Å². The first kappa shape index (κ1) is 14.6. The summed E-state index contributed by atoms with van der Waals surface area (Å²) in [5.74, 6) is -0.263. The van der Waals surface area contributed by atoms with Gasteiger partial charge in [0.2, 0.25) is 0 Å². The van der Waals surface area contributed by atoms with Crippen molar-refractivity contribution in [3.05, 3.63) is 30.1 Å². The molecule has 0 aliphatic rings. The Hall–Kier alpha value is -1.51. The molecular formula is C10H16N4O3S. The molecule has 1 rings (SSSR count). The largest absolute Gasteiger partial charge is 0.351 e. The Morgan fingerprint density at radius 1 is 1.28 bits per heavy atom. The summed E-state index contributed by atoms with van der Waals surface area (Å²) < 4.78 is 26.1. The highest BCUT2D eigenvalue weighted by atomic mass is 32.2. The van der Waals surface area contributed by atoms with Gasteiger partial charge in [-0.15, -0.1) is 0 Å². The van der Waals surface area contributed by atoms with Crippen LogP contribution in [0.2, 0.25) is 0 Å². The van der Waals surface area contributed by atoms with Crippen LogP contribution in [0.3, 0.4) is 0 Å². The van der Waals surface area contributed by atoms with Gasteiger partial charge in [-0.25, -0.2) is 4.72 Å². The molecule has 100 valence electrons. The number of pyridine rings is 1. The molecular weight excluding hydrogens is 256 g/mol. The highest BCUT2D eigenvalue weighted by Crippen LogP contribution is 1.94. The highest BCUT2D eigenvalue weighted by molar-refractivity contribution is 7.87. The van der Waals surface area contributed by atoms with Gasteiger partial charge >= 0.3 is 0 Å². The number of carbonyl (C=O) groups is 1. The maximum absolute atomic E-state index is 11.6. The van der Waals surface area contributed by atoms with E-state index in [-0.39, 0.29) is 19.0 Å². The summed E-state index contributed by atoms with van der Waals surface area (Å²) in [6, 6.07) is 3.17. The zero-order chi connectivity index (χ0) is 13.6. The van der Waals surface area contributed by atoms with Crippen LogP contribution in [0.4, 0.5) is 0 Å². The molecule has 0 bridgehead atoms. The summed E-state index contributed by atoms with van der Waals surface area (Å²) in [5.41, 5.74) is 0.487. The fourth-order valence-corrected chi connectivity index (χ4v) is 1.71. The molecule has 0 fully saturated rings. The molecule has 8 heteroatoms. The molecule has 1 aromatic rings. The van der Waals surface area contributed by atoms with E-state index in [1.54, 1.807) is 12.1 Å². The van der Waals surface area contributed by atoms with Gasteiger partial charge in [0.05, 0.1) is 0 Å². The molecule has 18 heavy (non-hydrogen) atoms. The molecule has 0 atom stereocenters. The Kier molecular flexibility index (Phi) is 5.20. The predicted molar refractivity (Wildman–Crippen MR) is 67.2 cm³/mol. The van der Waals surface area contributed by atoms with Gasteiger partial charge in [0.15, 0.2) is 0 Å². The number of nitrogens with zero attached hydrogens (tertiary/aromatic N) is 2. The molecule has 2 N–H and O–H groups in total. The number of rotatable bonds is 6. The zero-order valence-corrected chi connectivity index (χ0v) is 11.1. The zero-order valence-electron chi connectivity index (χ0n) is 10.3. The number of carbonyl (C=O) groups excluding carboxylic acids is 1. The Bertz CT molecular complexity index is 487. The maximum atomic E-state index is 11.6. The second-order valence-corrected chi connectivity index (χ2v) is 5.64. The minimum atomic E-state index is -3.44. The monoisotopic (exact) mass is 272 g/mol. The van der Waals surface area contributed by atoms with Crippen LogP contribution in [-0.4, -0.2) is 50.8 Å². The van der Waals surface area contributed by atoms with Gasteiger partial charge in [-0.1, -0.05) is 0 Å².